The third-order valence-corrected chi connectivity index (χ3v) is 9.37. The van der Waals surface area contributed by atoms with Crippen molar-refractivity contribution in [1.82, 2.24) is 4.90 Å². The minimum Gasteiger partial charge on any atom is -0.496 e. The number of fused-ring (bicyclic) bond motifs is 1. The number of cyclic esters (lactones) is 1. The Kier molecular flexibility index (Phi) is 8.10. The molecule has 3 fully saturated rings. The molecule has 0 radical (unpaired) electrons. The van der Waals surface area contributed by atoms with Gasteiger partial charge in [0.05, 0.1) is 41.8 Å². The summed E-state index contributed by atoms with van der Waals surface area (Å²) in [5.41, 5.74) is -3.41. The minimum absolute atomic E-state index is 0.00415. The summed E-state index contributed by atoms with van der Waals surface area (Å²) in [5.74, 6) is -1.33. The van der Waals surface area contributed by atoms with Gasteiger partial charge in [-0.25, -0.2) is 4.79 Å². The normalized spacial score (nSPS) is 24.2. The van der Waals surface area contributed by atoms with Crippen molar-refractivity contribution >= 4 is 12.1 Å². The molecule has 0 aromatic heterocycles. The van der Waals surface area contributed by atoms with Crippen LogP contribution >= 0.6 is 0 Å². The fraction of sp³-hybridized carbons (Fsp3) is 0.394. The SMILES string of the molecule is COc1ccc(C2CC(C(=O)O)C2)cc1-c1ccc(C(F)(F)F)cc1[C@@H]1CC[C@H]2[C@@H](c3cc(C(F)(F)F)cc(C(F)(F)F)c3)OC(=O)N12. The number of carbonyl (C=O) groups excluding carboxylic acids is 1. The number of ether oxygens (including phenoxy) is 2. The average Bonchev–Trinajstić information content (AvgIpc) is 3.55. The van der Waals surface area contributed by atoms with E-state index in [1.54, 1.807) is 18.2 Å². The van der Waals surface area contributed by atoms with Crippen molar-refractivity contribution in [3.05, 3.63) is 88.0 Å². The van der Waals surface area contributed by atoms with Crippen LogP contribution in [-0.4, -0.2) is 35.2 Å². The maximum Gasteiger partial charge on any atom is 0.416 e. The highest BCUT2D eigenvalue weighted by Crippen LogP contribution is 2.52. The van der Waals surface area contributed by atoms with Crippen molar-refractivity contribution in [2.45, 2.75) is 68.3 Å². The number of amides is 1. The van der Waals surface area contributed by atoms with Gasteiger partial charge in [-0.3, -0.25) is 9.69 Å². The van der Waals surface area contributed by atoms with E-state index >= 15 is 0 Å². The number of carbonyl (C=O) groups is 2. The molecule has 2 saturated heterocycles. The van der Waals surface area contributed by atoms with Gasteiger partial charge in [0.1, 0.15) is 11.9 Å². The minimum atomic E-state index is -5.15. The summed E-state index contributed by atoms with van der Waals surface area (Å²) in [6.45, 7) is 0. The van der Waals surface area contributed by atoms with E-state index in [9.17, 15) is 54.2 Å². The van der Waals surface area contributed by atoms with Crippen molar-refractivity contribution in [2.24, 2.45) is 5.92 Å². The molecule has 48 heavy (non-hydrogen) atoms. The lowest BCUT2D eigenvalue weighted by Gasteiger charge is -2.33. The molecule has 1 N–H and O–H groups in total. The predicted octanol–water partition coefficient (Wildman–Crippen LogP) is 9.39. The van der Waals surface area contributed by atoms with E-state index in [0.717, 1.165) is 22.6 Å². The van der Waals surface area contributed by atoms with Crippen LogP contribution in [0.4, 0.5) is 44.3 Å². The number of carboxylic acid groups (broad SMARTS) is 1. The standard InChI is InChI=1S/C33H26F9NO5/c1-47-27-7-2-15(16-8-18(9-16)29(44)45)12-24(27)22-4-3-19(31(34,35)36)14-23(22)25-5-6-26-28(48-30(46)43(25)26)17-10-20(32(37,38)39)13-21(11-17)33(40,41)42/h2-4,7,10-14,16,18,25-26,28H,5-6,8-9H2,1H3,(H,44,45)/t16?,18?,25-,26-,28+/m0/s1. The summed E-state index contributed by atoms with van der Waals surface area (Å²) in [7, 11) is 1.35. The molecule has 256 valence electrons. The van der Waals surface area contributed by atoms with Crippen LogP contribution in [0.25, 0.3) is 11.1 Å². The summed E-state index contributed by atoms with van der Waals surface area (Å²) in [6.07, 6.45) is -17.0. The molecule has 1 aliphatic carbocycles. The molecule has 2 aliphatic heterocycles. The first kappa shape index (κ1) is 33.5. The van der Waals surface area contributed by atoms with Gasteiger partial charge in [-0.05, 0) is 96.3 Å². The molecule has 6 nitrogen and oxygen atoms in total. The average molecular weight is 688 g/mol. The molecular weight excluding hydrogens is 661 g/mol. The monoisotopic (exact) mass is 687 g/mol. The van der Waals surface area contributed by atoms with Crippen molar-refractivity contribution in [3.8, 4) is 16.9 Å². The zero-order valence-corrected chi connectivity index (χ0v) is 24.8. The molecule has 6 rings (SSSR count). The second-order valence-electron chi connectivity index (χ2n) is 12.2. The highest BCUT2D eigenvalue weighted by atomic mass is 19.4. The lowest BCUT2D eigenvalue weighted by Crippen LogP contribution is -2.31. The molecular formula is C33H26F9NO5. The van der Waals surface area contributed by atoms with Crippen LogP contribution < -0.4 is 4.74 Å². The Balaban J connectivity index is 1.42. The number of halogens is 9. The van der Waals surface area contributed by atoms with Gasteiger partial charge in [0, 0.05) is 5.56 Å². The van der Waals surface area contributed by atoms with Crippen LogP contribution in [0.3, 0.4) is 0 Å². The van der Waals surface area contributed by atoms with Crippen LogP contribution in [0.1, 0.15) is 77.1 Å². The Morgan fingerprint density at radius 3 is 1.98 bits per heavy atom. The van der Waals surface area contributed by atoms with Gasteiger partial charge in [-0.1, -0.05) is 12.1 Å². The molecule has 3 aromatic carbocycles. The van der Waals surface area contributed by atoms with Crippen LogP contribution in [0, 0.1) is 5.92 Å². The number of nitrogens with zero attached hydrogens (tertiary/aromatic N) is 1. The zero-order chi connectivity index (χ0) is 34.9. The smallest absolute Gasteiger partial charge is 0.416 e. The number of rotatable bonds is 6. The lowest BCUT2D eigenvalue weighted by molar-refractivity contribution is -0.145. The largest absolute Gasteiger partial charge is 0.496 e. The van der Waals surface area contributed by atoms with E-state index in [2.05, 4.69) is 0 Å². The molecule has 1 saturated carbocycles. The highest BCUT2D eigenvalue weighted by Gasteiger charge is 2.52. The quantitative estimate of drug-likeness (QED) is 0.262. The summed E-state index contributed by atoms with van der Waals surface area (Å²) >= 11 is 0. The van der Waals surface area contributed by atoms with E-state index in [1.165, 1.54) is 13.2 Å². The van der Waals surface area contributed by atoms with Gasteiger partial charge in [0.25, 0.3) is 0 Å². The molecule has 0 bridgehead atoms. The van der Waals surface area contributed by atoms with Gasteiger partial charge in [-0.15, -0.1) is 0 Å². The molecule has 2 heterocycles. The molecule has 15 heteroatoms. The lowest BCUT2D eigenvalue weighted by atomic mass is 9.71. The van der Waals surface area contributed by atoms with Gasteiger partial charge in [0.2, 0.25) is 0 Å². The van der Waals surface area contributed by atoms with Crippen LogP contribution in [0.15, 0.2) is 54.6 Å². The third kappa shape index (κ3) is 6.02. The van der Waals surface area contributed by atoms with Gasteiger partial charge >= 0.3 is 30.6 Å². The van der Waals surface area contributed by atoms with E-state index < -0.39 is 77.0 Å². The molecule has 3 aromatic rings. The van der Waals surface area contributed by atoms with E-state index in [4.69, 9.17) is 9.47 Å². The summed E-state index contributed by atoms with van der Waals surface area (Å²) in [4.78, 5) is 25.7. The number of methoxy groups -OCH3 is 1. The first-order chi connectivity index (χ1) is 22.4. The fourth-order valence-corrected chi connectivity index (χ4v) is 6.93. The topological polar surface area (TPSA) is 76.1 Å². The van der Waals surface area contributed by atoms with Gasteiger partial charge < -0.3 is 14.6 Å². The van der Waals surface area contributed by atoms with Gasteiger partial charge in [-0.2, -0.15) is 39.5 Å². The van der Waals surface area contributed by atoms with E-state index in [1.807, 2.05) is 0 Å². The molecule has 0 spiro atoms. The van der Waals surface area contributed by atoms with Crippen molar-refractivity contribution in [2.75, 3.05) is 7.11 Å². The molecule has 1 amide bonds. The first-order valence-electron chi connectivity index (χ1n) is 14.8. The summed E-state index contributed by atoms with van der Waals surface area (Å²) in [5, 5.41) is 9.29. The predicted molar refractivity (Wildman–Crippen MR) is 150 cm³/mol. The Morgan fingerprint density at radius 1 is 0.792 bits per heavy atom. The van der Waals surface area contributed by atoms with E-state index in [0.29, 0.717) is 30.5 Å². The van der Waals surface area contributed by atoms with Gasteiger partial charge in [0.15, 0.2) is 0 Å². The Hall–Kier alpha value is -4.43. The first-order valence-corrected chi connectivity index (χ1v) is 14.8. The Bertz CT molecular complexity index is 1730. The number of hydrogen-bond donors (Lipinski definition) is 1. The Morgan fingerprint density at radius 2 is 1.42 bits per heavy atom. The number of carboxylic acids is 1. The van der Waals surface area contributed by atoms with Crippen molar-refractivity contribution in [1.29, 1.82) is 0 Å². The highest BCUT2D eigenvalue weighted by molar-refractivity contribution is 5.78. The third-order valence-electron chi connectivity index (χ3n) is 9.37. The second-order valence-corrected chi connectivity index (χ2v) is 12.2. The Labute approximate surface area is 267 Å². The number of benzene rings is 3. The summed E-state index contributed by atoms with van der Waals surface area (Å²) < 4.78 is 134. The van der Waals surface area contributed by atoms with Crippen molar-refractivity contribution < 1.29 is 63.7 Å². The van der Waals surface area contributed by atoms with Crippen molar-refractivity contribution in [3.63, 3.8) is 0 Å². The fourth-order valence-electron chi connectivity index (χ4n) is 6.93. The second kappa shape index (κ2) is 11.6. The van der Waals surface area contributed by atoms with Crippen LogP contribution in [-0.2, 0) is 28.1 Å². The molecule has 0 unspecified atom stereocenters. The number of aliphatic carboxylic acids is 1. The maximum absolute atomic E-state index is 14.0. The number of alkyl halides is 9. The zero-order valence-electron chi connectivity index (χ0n) is 24.8. The molecule has 3 aliphatic rings. The van der Waals surface area contributed by atoms with Crippen LogP contribution in [0.2, 0.25) is 0 Å². The molecule has 3 atom stereocenters. The maximum atomic E-state index is 14.0. The summed E-state index contributed by atoms with van der Waals surface area (Å²) in [6, 6.07) is 6.70. The van der Waals surface area contributed by atoms with E-state index in [-0.39, 0.29) is 41.7 Å². The van der Waals surface area contributed by atoms with Crippen LogP contribution in [0.5, 0.6) is 5.75 Å². The number of hydrogen-bond acceptors (Lipinski definition) is 4.